The zero-order valence-electron chi connectivity index (χ0n) is 8.76. The van der Waals surface area contributed by atoms with Gasteiger partial charge in [-0.15, -0.1) is 0 Å². The number of nitrogens with zero attached hydrogens (tertiary/aromatic N) is 1. The van der Waals surface area contributed by atoms with Crippen LogP contribution in [0.5, 0.6) is 0 Å². The van der Waals surface area contributed by atoms with E-state index >= 15 is 0 Å². The normalized spacial score (nSPS) is 10.6. The molecule has 2 aromatic rings. The van der Waals surface area contributed by atoms with Crippen LogP contribution in [0.15, 0.2) is 56.7 Å². The number of halogens is 1. The Morgan fingerprint density at radius 3 is 2.94 bits per heavy atom. The number of rotatable bonds is 3. The molecule has 0 spiro atoms. The molecule has 0 fully saturated rings. The van der Waals surface area contributed by atoms with Crippen LogP contribution >= 0.6 is 15.9 Å². The highest BCUT2D eigenvalue weighted by atomic mass is 79.9. The minimum atomic E-state index is -0.374. The second-order valence-electron chi connectivity index (χ2n) is 3.23. The molecule has 1 aromatic carbocycles. The molecule has 0 saturated carbocycles. The van der Waals surface area contributed by atoms with Crippen LogP contribution in [0.25, 0.3) is 0 Å². The zero-order valence-corrected chi connectivity index (χ0v) is 10.3. The van der Waals surface area contributed by atoms with E-state index in [-0.39, 0.29) is 11.7 Å². The lowest BCUT2D eigenvalue weighted by Gasteiger charge is -1.96. The van der Waals surface area contributed by atoms with E-state index < -0.39 is 0 Å². The molecule has 0 unspecified atom stereocenters. The summed E-state index contributed by atoms with van der Waals surface area (Å²) in [5.74, 6) is -0.141. The Labute approximate surface area is 106 Å². The van der Waals surface area contributed by atoms with Crippen LogP contribution in [0, 0.1) is 0 Å². The number of hydrogen-bond acceptors (Lipinski definition) is 3. The quantitative estimate of drug-likeness (QED) is 0.699. The molecule has 2 rings (SSSR count). The van der Waals surface area contributed by atoms with Crippen molar-refractivity contribution >= 4 is 28.1 Å². The Balaban J connectivity index is 1.96. The zero-order chi connectivity index (χ0) is 12.1. The molecule has 0 saturated heterocycles. The van der Waals surface area contributed by atoms with Gasteiger partial charge in [-0.05, 0) is 29.8 Å². The van der Waals surface area contributed by atoms with E-state index in [1.807, 2.05) is 24.3 Å². The lowest BCUT2D eigenvalue weighted by atomic mass is 10.2. The Kier molecular flexibility index (Phi) is 3.72. The first-order valence-electron chi connectivity index (χ1n) is 4.88. The number of hydrazone groups is 1. The van der Waals surface area contributed by atoms with Crippen LogP contribution < -0.4 is 5.43 Å². The van der Waals surface area contributed by atoms with Crippen molar-refractivity contribution in [2.24, 2.45) is 5.10 Å². The molecule has 0 aliphatic heterocycles. The number of hydrogen-bond donors (Lipinski definition) is 1. The minimum Gasteiger partial charge on any atom is -0.459 e. The Morgan fingerprint density at radius 1 is 1.35 bits per heavy atom. The van der Waals surface area contributed by atoms with Crippen molar-refractivity contribution in [3.05, 3.63) is 58.5 Å². The summed E-state index contributed by atoms with van der Waals surface area (Å²) < 4.78 is 5.88. The molecule has 1 heterocycles. The van der Waals surface area contributed by atoms with Crippen LogP contribution in [0.1, 0.15) is 16.1 Å². The number of carbonyl (C=O) groups excluding carboxylic acids is 1. The van der Waals surface area contributed by atoms with Crippen LogP contribution in [0.3, 0.4) is 0 Å². The molecule has 1 N–H and O–H groups in total. The van der Waals surface area contributed by atoms with Crippen LogP contribution in [0.2, 0.25) is 0 Å². The van der Waals surface area contributed by atoms with Crippen LogP contribution in [-0.2, 0) is 0 Å². The van der Waals surface area contributed by atoms with Crippen molar-refractivity contribution in [1.29, 1.82) is 0 Å². The molecular weight excluding hydrogens is 284 g/mol. The lowest BCUT2D eigenvalue weighted by Crippen LogP contribution is -2.16. The predicted molar refractivity (Wildman–Crippen MR) is 67.9 cm³/mol. The van der Waals surface area contributed by atoms with E-state index in [1.54, 1.807) is 18.3 Å². The maximum absolute atomic E-state index is 11.4. The molecule has 0 radical (unpaired) electrons. The molecule has 0 aliphatic carbocycles. The highest BCUT2D eigenvalue weighted by molar-refractivity contribution is 9.10. The summed E-state index contributed by atoms with van der Waals surface area (Å²) in [6, 6.07) is 10.8. The molecule has 0 aliphatic rings. The topological polar surface area (TPSA) is 54.6 Å². The van der Waals surface area contributed by atoms with Gasteiger partial charge in [0.05, 0.1) is 12.5 Å². The van der Waals surface area contributed by atoms with E-state index in [0.29, 0.717) is 0 Å². The SMILES string of the molecule is O=C(N/N=C\c1cccc(Br)c1)c1ccco1. The average molecular weight is 293 g/mol. The monoisotopic (exact) mass is 292 g/mol. The van der Waals surface area contributed by atoms with E-state index in [1.165, 1.54) is 6.26 Å². The highest BCUT2D eigenvalue weighted by Gasteiger charge is 2.05. The van der Waals surface area contributed by atoms with Crippen molar-refractivity contribution in [2.75, 3.05) is 0 Å². The van der Waals surface area contributed by atoms with Gasteiger partial charge in [0, 0.05) is 4.47 Å². The summed E-state index contributed by atoms with van der Waals surface area (Å²) in [6.07, 6.45) is 3.00. The van der Waals surface area contributed by atoms with Gasteiger partial charge in [-0.2, -0.15) is 5.10 Å². The number of furan rings is 1. The summed E-state index contributed by atoms with van der Waals surface area (Å²) in [7, 11) is 0. The highest BCUT2D eigenvalue weighted by Crippen LogP contribution is 2.09. The molecule has 17 heavy (non-hydrogen) atoms. The standard InChI is InChI=1S/C12H9BrN2O2/c13-10-4-1-3-9(7-10)8-14-15-12(16)11-5-2-6-17-11/h1-8H,(H,15,16)/b14-8-. The summed E-state index contributed by atoms with van der Waals surface area (Å²) in [5, 5.41) is 3.83. The Morgan fingerprint density at radius 2 is 2.24 bits per heavy atom. The minimum absolute atomic E-state index is 0.233. The van der Waals surface area contributed by atoms with Crippen molar-refractivity contribution in [1.82, 2.24) is 5.43 Å². The number of nitrogens with one attached hydrogen (secondary N) is 1. The summed E-state index contributed by atoms with van der Waals surface area (Å²) in [5.41, 5.74) is 3.26. The summed E-state index contributed by atoms with van der Waals surface area (Å²) >= 11 is 3.35. The summed E-state index contributed by atoms with van der Waals surface area (Å²) in [6.45, 7) is 0. The average Bonchev–Trinajstić information content (AvgIpc) is 2.82. The lowest BCUT2D eigenvalue weighted by molar-refractivity contribution is 0.0927. The first kappa shape index (κ1) is 11.6. The van der Waals surface area contributed by atoms with Gasteiger partial charge < -0.3 is 4.42 Å². The first-order chi connectivity index (χ1) is 8.25. The van der Waals surface area contributed by atoms with Gasteiger partial charge >= 0.3 is 5.91 Å². The number of carbonyl (C=O) groups is 1. The summed E-state index contributed by atoms with van der Waals surface area (Å²) in [4.78, 5) is 11.4. The van der Waals surface area contributed by atoms with Gasteiger partial charge in [0.15, 0.2) is 5.76 Å². The molecule has 1 aromatic heterocycles. The maximum atomic E-state index is 11.4. The van der Waals surface area contributed by atoms with Crippen molar-refractivity contribution < 1.29 is 9.21 Å². The molecule has 86 valence electrons. The third-order valence-corrected chi connectivity index (χ3v) is 2.47. The number of benzene rings is 1. The van der Waals surface area contributed by atoms with Crippen molar-refractivity contribution in [2.45, 2.75) is 0 Å². The van der Waals surface area contributed by atoms with Crippen molar-refractivity contribution in [3.63, 3.8) is 0 Å². The Hall–Kier alpha value is -1.88. The van der Waals surface area contributed by atoms with E-state index in [2.05, 4.69) is 26.5 Å². The van der Waals surface area contributed by atoms with E-state index in [0.717, 1.165) is 10.0 Å². The molecule has 0 atom stereocenters. The molecule has 0 bridgehead atoms. The van der Waals surface area contributed by atoms with Crippen LogP contribution in [-0.4, -0.2) is 12.1 Å². The predicted octanol–water partition coefficient (Wildman–Crippen LogP) is 2.81. The molecule has 4 nitrogen and oxygen atoms in total. The third kappa shape index (κ3) is 3.29. The van der Waals surface area contributed by atoms with E-state index in [9.17, 15) is 4.79 Å². The second kappa shape index (κ2) is 5.45. The van der Waals surface area contributed by atoms with Gasteiger partial charge in [-0.3, -0.25) is 4.79 Å². The van der Waals surface area contributed by atoms with Crippen LogP contribution in [0.4, 0.5) is 0 Å². The van der Waals surface area contributed by atoms with Crippen molar-refractivity contribution in [3.8, 4) is 0 Å². The largest absolute Gasteiger partial charge is 0.459 e. The Bertz CT molecular complexity index is 535. The fourth-order valence-corrected chi connectivity index (χ4v) is 1.63. The molecular formula is C12H9BrN2O2. The molecule has 1 amide bonds. The fraction of sp³-hybridized carbons (Fsp3) is 0. The maximum Gasteiger partial charge on any atom is 0.307 e. The number of amides is 1. The molecule has 5 heteroatoms. The first-order valence-corrected chi connectivity index (χ1v) is 5.67. The van der Waals surface area contributed by atoms with Gasteiger partial charge in [0.1, 0.15) is 0 Å². The van der Waals surface area contributed by atoms with Gasteiger partial charge in [-0.1, -0.05) is 28.1 Å². The smallest absolute Gasteiger partial charge is 0.307 e. The van der Waals surface area contributed by atoms with Gasteiger partial charge in [0.25, 0.3) is 0 Å². The fourth-order valence-electron chi connectivity index (χ4n) is 1.22. The van der Waals surface area contributed by atoms with E-state index in [4.69, 9.17) is 4.42 Å². The third-order valence-electron chi connectivity index (χ3n) is 1.97. The van der Waals surface area contributed by atoms with Gasteiger partial charge in [-0.25, -0.2) is 5.43 Å². The van der Waals surface area contributed by atoms with Gasteiger partial charge in [0.2, 0.25) is 0 Å². The second-order valence-corrected chi connectivity index (χ2v) is 4.15.